The van der Waals surface area contributed by atoms with Crippen molar-refractivity contribution in [3.05, 3.63) is 215 Å². The number of phenols is 6. The van der Waals surface area contributed by atoms with Gasteiger partial charge in [-0.05, 0) is 106 Å². The van der Waals surface area contributed by atoms with E-state index in [9.17, 15) is 33.6 Å². The molecule has 474 valence electrons. The lowest BCUT2D eigenvalue weighted by molar-refractivity contribution is -0.147. The molecule has 2 atom stereocenters. The van der Waals surface area contributed by atoms with Crippen LogP contribution in [0.5, 0.6) is 34.5 Å². The van der Waals surface area contributed by atoms with E-state index >= 15 is 0 Å². The maximum Gasteiger partial charge on any atom is 0.337 e. The van der Waals surface area contributed by atoms with Crippen molar-refractivity contribution in [2.45, 2.75) is 107 Å². The van der Waals surface area contributed by atoms with Crippen molar-refractivity contribution in [3.8, 4) is 34.5 Å². The quantitative estimate of drug-likeness (QED) is 0.0453. The molecule has 7 aromatic carbocycles. The second-order valence-corrected chi connectivity index (χ2v) is 17.7. The number of aromatic hydroxyl groups is 6. The van der Waals surface area contributed by atoms with Crippen LogP contribution in [0.1, 0.15) is 114 Å². The Morgan fingerprint density at radius 2 is 0.598 bits per heavy atom. The number of phenolic OH excluding ortho intramolecular Hbond substituents is 6. The molecule has 0 radical (unpaired) electrons. The molecule has 0 spiro atoms. The number of carboxylic acid groups (broad SMARTS) is 7. The molecule has 0 bridgehead atoms. The van der Waals surface area contributed by atoms with Crippen molar-refractivity contribution in [1.29, 1.82) is 0 Å². The highest BCUT2D eigenvalue weighted by atomic mass is 16.4. The molecule has 0 aliphatic heterocycles. The molecule has 14 N–H and O–H groups in total. The van der Waals surface area contributed by atoms with E-state index in [0.717, 1.165) is 5.56 Å². The summed E-state index contributed by atoms with van der Waals surface area (Å²) in [5.74, 6) is -6.12. The van der Waals surface area contributed by atoms with Crippen molar-refractivity contribution >= 4 is 41.8 Å². The van der Waals surface area contributed by atoms with Crippen LogP contribution in [-0.4, -0.2) is 113 Å². The molecule has 2 unspecified atom stereocenters. The van der Waals surface area contributed by atoms with Crippen molar-refractivity contribution in [2.75, 3.05) is 0 Å². The Hall–Kier alpha value is -10.4. The van der Waals surface area contributed by atoms with Crippen LogP contribution in [0.4, 0.5) is 0 Å². The standard InChI is InChI=1S/C11H14O3.6C8H8O3.C3H8.C2H6.2CH4/c1-7(2)10(11(13)14)8-3-5-9(12)6-4-8;4*9-7-3-1-6(2-4-7)5-8(10)11;9-7-4-2-1-3-6(7)5-8(10)11;9-7(8(10)11)6-4-2-1-3-5-6;1-3-2;1-2;;/h3-7,10,12H,1-2H3,(H,13,14);5*1-4,9H,5H2,(H,10,11);1-5,7,9H,(H,10,11);3H2,1-2H3;1-2H3;2*1H4. The molecular weight excluding hydrogens is 1130 g/mol. The maximum atomic E-state index is 11.0. The van der Waals surface area contributed by atoms with Gasteiger partial charge in [-0.1, -0.05) is 172 Å². The second kappa shape index (κ2) is 48.0. The number of hydrogen-bond acceptors (Lipinski definition) is 14. The highest BCUT2D eigenvalue weighted by Crippen LogP contribution is 2.26. The summed E-state index contributed by atoms with van der Waals surface area (Å²) in [7, 11) is 0. The molecule has 0 fully saturated rings. The summed E-state index contributed by atoms with van der Waals surface area (Å²) in [6, 6.07) is 45.4. The summed E-state index contributed by atoms with van der Waals surface area (Å²) in [6.07, 6.45) is -0.287. The summed E-state index contributed by atoms with van der Waals surface area (Å²) in [5, 5.41) is 122. The van der Waals surface area contributed by atoms with Gasteiger partial charge in [0, 0.05) is 5.56 Å². The average Bonchev–Trinajstić information content (AvgIpc) is 3.65. The number of para-hydroxylation sites is 1. The van der Waals surface area contributed by atoms with Gasteiger partial charge >= 0.3 is 41.8 Å². The van der Waals surface area contributed by atoms with E-state index < -0.39 is 53.8 Å². The first kappa shape index (κ1) is 83.1. The number of aliphatic hydroxyl groups is 1. The van der Waals surface area contributed by atoms with Gasteiger partial charge in [-0.15, -0.1) is 0 Å². The number of carbonyl (C=O) groups is 7. The molecular formula is C66H84O21. The molecule has 0 amide bonds. The Bertz CT molecular complexity index is 2770. The van der Waals surface area contributed by atoms with E-state index in [2.05, 4.69) is 13.8 Å². The monoisotopic (exact) mass is 1210 g/mol. The number of carboxylic acids is 7. The molecule has 0 saturated heterocycles. The van der Waals surface area contributed by atoms with E-state index in [1.807, 2.05) is 27.7 Å². The molecule has 21 heteroatoms. The van der Waals surface area contributed by atoms with Crippen molar-refractivity contribution < 1.29 is 105 Å². The minimum Gasteiger partial charge on any atom is -0.508 e. The van der Waals surface area contributed by atoms with Gasteiger partial charge in [0.1, 0.15) is 34.5 Å². The number of hydrogen-bond donors (Lipinski definition) is 14. The van der Waals surface area contributed by atoms with E-state index in [4.69, 9.17) is 71.5 Å². The fraction of sp³-hybridized carbons (Fsp3) is 0.258. The van der Waals surface area contributed by atoms with Crippen LogP contribution in [0.3, 0.4) is 0 Å². The minimum absolute atomic E-state index is 0. The first-order valence-corrected chi connectivity index (χ1v) is 26.0. The fourth-order valence-corrected chi connectivity index (χ4v) is 6.25. The first-order valence-electron chi connectivity index (χ1n) is 26.0. The predicted molar refractivity (Wildman–Crippen MR) is 330 cm³/mol. The molecule has 21 nitrogen and oxygen atoms in total. The number of benzene rings is 7. The normalized spacial score (nSPS) is 9.89. The van der Waals surface area contributed by atoms with Gasteiger partial charge in [-0.2, -0.15) is 0 Å². The highest BCUT2D eigenvalue weighted by molar-refractivity contribution is 5.77. The Morgan fingerprint density at radius 3 is 0.828 bits per heavy atom. The lowest BCUT2D eigenvalue weighted by atomic mass is 9.89. The van der Waals surface area contributed by atoms with Gasteiger partial charge in [0.25, 0.3) is 0 Å². The molecule has 7 aromatic rings. The third-order valence-electron chi connectivity index (χ3n) is 10.0. The zero-order valence-corrected chi connectivity index (χ0v) is 47.8. The molecule has 0 saturated carbocycles. The Balaban J connectivity index is -0.000000455. The maximum absolute atomic E-state index is 11.0. The SMILES string of the molecule is C.C.CC.CC(C)C(C(=O)O)c1ccc(O)cc1.CCC.O=C(O)C(O)c1ccccc1.O=C(O)Cc1ccc(O)cc1.O=C(O)Cc1ccc(O)cc1.O=C(O)Cc1ccc(O)cc1.O=C(O)Cc1ccc(O)cc1.O=C(O)Cc1ccccc1O. The predicted octanol–water partition coefficient (Wildman–Crippen LogP) is 11.8. The summed E-state index contributed by atoms with van der Waals surface area (Å²) in [5.41, 5.74) is 4.33. The molecule has 0 aliphatic carbocycles. The van der Waals surface area contributed by atoms with E-state index in [0.29, 0.717) is 33.4 Å². The zero-order valence-electron chi connectivity index (χ0n) is 47.8. The van der Waals surface area contributed by atoms with Crippen molar-refractivity contribution in [1.82, 2.24) is 0 Å². The van der Waals surface area contributed by atoms with Crippen LogP contribution in [-0.2, 0) is 65.7 Å². The van der Waals surface area contributed by atoms with Gasteiger partial charge in [0.05, 0.1) is 38.0 Å². The van der Waals surface area contributed by atoms with Crippen LogP contribution in [0, 0.1) is 5.92 Å². The third-order valence-corrected chi connectivity index (χ3v) is 10.0. The summed E-state index contributed by atoms with van der Waals surface area (Å²) in [4.78, 5) is 72.2. The molecule has 0 aromatic heterocycles. The highest BCUT2D eigenvalue weighted by Gasteiger charge is 2.23. The summed E-state index contributed by atoms with van der Waals surface area (Å²) in [6.45, 7) is 12.0. The van der Waals surface area contributed by atoms with Crippen LogP contribution < -0.4 is 0 Å². The summed E-state index contributed by atoms with van der Waals surface area (Å²) < 4.78 is 0. The van der Waals surface area contributed by atoms with Crippen molar-refractivity contribution in [3.63, 3.8) is 0 Å². The Kier molecular flexibility index (Phi) is 45.8. The Labute approximate surface area is 507 Å². The van der Waals surface area contributed by atoms with Gasteiger partial charge < -0.3 is 71.5 Å². The smallest absolute Gasteiger partial charge is 0.337 e. The number of rotatable bonds is 15. The van der Waals surface area contributed by atoms with Gasteiger partial charge in [0.15, 0.2) is 6.10 Å². The van der Waals surface area contributed by atoms with Gasteiger partial charge in [-0.25, -0.2) is 4.79 Å². The second-order valence-electron chi connectivity index (χ2n) is 17.7. The van der Waals surface area contributed by atoms with E-state index in [1.54, 1.807) is 109 Å². The first-order chi connectivity index (χ1) is 40.1. The lowest BCUT2D eigenvalue weighted by Crippen LogP contribution is -2.17. The topological polar surface area (TPSA) is 403 Å². The average molecular weight is 1210 g/mol. The lowest BCUT2D eigenvalue weighted by Gasteiger charge is -2.16. The fourth-order valence-electron chi connectivity index (χ4n) is 6.25. The van der Waals surface area contributed by atoms with Gasteiger partial charge in [-0.3, -0.25) is 28.8 Å². The van der Waals surface area contributed by atoms with Crippen LogP contribution in [0.2, 0.25) is 0 Å². The van der Waals surface area contributed by atoms with Crippen LogP contribution in [0.25, 0.3) is 0 Å². The largest absolute Gasteiger partial charge is 0.508 e. The molecule has 0 aliphatic rings. The van der Waals surface area contributed by atoms with Crippen molar-refractivity contribution in [2.24, 2.45) is 5.92 Å². The molecule has 0 heterocycles. The molecule has 7 rings (SSSR count). The third kappa shape index (κ3) is 42.1. The Morgan fingerprint density at radius 1 is 0.345 bits per heavy atom. The van der Waals surface area contributed by atoms with Gasteiger partial charge in [0.2, 0.25) is 0 Å². The number of aliphatic carboxylic acids is 7. The minimum atomic E-state index is -1.41. The summed E-state index contributed by atoms with van der Waals surface area (Å²) >= 11 is 0. The van der Waals surface area contributed by atoms with Crippen LogP contribution in [0.15, 0.2) is 176 Å². The molecule has 87 heavy (non-hydrogen) atoms. The van der Waals surface area contributed by atoms with Crippen LogP contribution >= 0.6 is 0 Å². The number of aliphatic hydroxyl groups excluding tert-OH is 1. The van der Waals surface area contributed by atoms with E-state index in [1.165, 1.54) is 73.2 Å². The zero-order chi connectivity index (χ0) is 65.0. The van der Waals surface area contributed by atoms with E-state index in [-0.39, 0.29) is 87.4 Å².